The Kier molecular flexibility index (Phi) is 6.22. The Balaban J connectivity index is 1.96. The van der Waals surface area contributed by atoms with E-state index in [0.29, 0.717) is 12.0 Å². The summed E-state index contributed by atoms with van der Waals surface area (Å²) in [4.78, 5) is 5.11. The number of aliphatic hydroxyl groups is 1. The van der Waals surface area contributed by atoms with E-state index < -0.39 is 0 Å². The maximum absolute atomic E-state index is 9.35. The van der Waals surface area contributed by atoms with Crippen molar-refractivity contribution in [3.63, 3.8) is 0 Å². The van der Waals surface area contributed by atoms with Crippen LogP contribution in [-0.2, 0) is 6.54 Å². The molecule has 1 N–H and O–H groups in total. The summed E-state index contributed by atoms with van der Waals surface area (Å²) in [5, 5.41) is 9.35. The van der Waals surface area contributed by atoms with Gasteiger partial charge in [-0.15, -0.1) is 0 Å². The molecule has 118 valence electrons. The second-order valence-corrected chi connectivity index (χ2v) is 6.72. The van der Waals surface area contributed by atoms with Crippen LogP contribution in [0.3, 0.4) is 0 Å². The number of piperazine rings is 1. The Morgan fingerprint density at radius 2 is 2.00 bits per heavy atom. The summed E-state index contributed by atoms with van der Waals surface area (Å²) in [6.45, 7) is 12.5. The van der Waals surface area contributed by atoms with Crippen molar-refractivity contribution in [3.05, 3.63) is 35.4 Å². The highest BCUT2D eigenvalue weighted by Crippen LogP contribution is 2.18. The van der Waals surface area contributed by atoms with Crippen molar-refractivity contribution >= 4 is 0 Å². The van der Waals surface area contributed by atoms with Gasteiger partial charge in [-0.1, -0.05) is 38.1 Å². The minimum Gasteiger partial charge on any atom is -0.396 e. The molecule has 1 saturated heterocycles. The van der Waals surface area contributed by atoms with Crippen molar-refractivity contribution in [2.24, 2.45) is 5.92 Å². The van der Waals surface area contributed by atoms with Crippen molar-refractivity contribution < 1.29 is 5.11 Å². The number of aliphatic hydroxyl groups excluding tert-OH is 1. The van der Waals surface area contributed by atoms with Crippen LogP contribution in [0.5, 0.6) is 0 Å². The van der Waals surface area contributed by atoms with Crippen molar-refractivity contribution in [1.82, 2.24) is 9.80 Å². The third-order valence-corrected chi connectivity index (χ3v) is 4.41. The van der Waals surface area contributed by atoms with E-state index in [1.54, 1.807) is 0 Å². The van der Waals surface area contributed by atoms with Gasteiger partial charge >= 0.3 is 0 Å². The maximum atomic E-state index is 9.35. The minimum absolute atomic E-state index is 0.289. The summed E-state index contributed by atoms with van der Waals surface area (Å²) in [7, 11) is 0. The summed E-state index contributed by atoms with van der Waals surface area (Å²) in [6, 6.07) is 9.15. The molecule has 2 rings (SSSR count). The number of hydrogen-bond acceptors (Lipinski definition) is 3. The molecule has 0 aliphatic carbocycles. The van der Waals surface area contributed by atoms with Gasteiger partial charge < -0.3 is 5.11 Å². The smallest absolute Gasteiger partial charge is 0.0446 e. The van der Waals surface area contributed by atoms with Gasteiger partial charge in [0.25, 0.3) is 0 Å². The lowest BCUT2D eigenvalue weighted by Gasteiger charge is -2.42. The minimum atomic E-state index is 0.289. The van der Waals surface area contributed by atoms with E-state index in [1.165, 1.54) is 11.1 Å². The third kappa shape index (κ3) is 4.80. The number of hydrogen-bond donors (Lipinski definition) is 1. The van der Waals surface area contributed by atoms with Gasteiger partial charge in [-0.2, -0.15) is 0 Å². The molecule has 1 heterocycles. The van der Waals surface area contributed by atoms with Crippen LogP contribution >= 0.6 is 0 Å². The first-order chi connectivity index (χ1) is 10.1. The number of benzene rings is 1. The average Bonchev–Trinajstić information content (AvgIpc) is 2.44. The standard InChI is InChI=1S/C18H30N2O/c1-15(2)12-20-10-9-19(14-18(20)8-11-21)13-17-7-5-4-6-16(17)3/h4-7,15,18,21H,8-14H2,1-3H3. The van der Waals surface area contributed by atoms with Gasteiger partial charge in [-0.25, -0.2) is 0 Å². The molecule has 0 saturated carbocycles. The largest absolute Gasteiger partial charge is 0.396 e. The van der Waals surface area contributed by atoms with Crippen LogP contribution in [0, 0.1) is 12.8 Å². The van der Waals surface area contributed by atoms with E-state index in [9.17, 15) is 5.11 Å². The molecule has 1 aliphatic heterocycles. The average molecular weight is 290 g/mol. The zero-order chi connectivity index (χ0) is 15.2. The predicted molar refractivity (Wildman–Crippen MR) is 88.4 cm³/mol. The molecular weight excluding hydrogens is 260 g/mol. The number of nitrogens with zero attached hydrogens (tertiary/aromatic N) is 2. The fraction of sp³-hybridized carbons (Fsp3) is 0.667. The van der Waals surface area contributed by atoms with E-state index in [4.69, 9.17) is 0 Å². The lowest BCUT2D eigenvalue weighted by Crippen LogP contribution is -2.53. The molecule has 0 radical (unpaired) electrons. The molecule has 1 fully saturated rings. The fourth-order valence-corrected chi connectivity index (χ4v) is 3.26. The van der Waals surface area contributed by atoms with Gasteiger partial charge in [0.2, 0.25) is 0 Å². The summed E-state index contributed by atoms with van der Waals surface area (Å²) in [5.41, 5.74) is 2.80. The molecule has 1 unspecified atom stereocenters. The molecule has 21 heavy (non-hydrogen) atoms. The highest BCUT2D eigenvalue weighted by atomic mass is 16.3. The lowest BCUT2D eigenvalue weighted by molar-refractivity contribution is 0.0476. The fourth-order valence-electron chi connectivity index (χ4n) is 3.26. The zero-order valence-electron chi connectivity index (χ0n) is 13.8. The first-order valence-corrected chi connectivity index (χ1v) is 8.22. The Labute approximate surface area is 129 Å². The van der Waals surface area contributed by atoms with Crippen LogP contribution in [-0.4, -0.2) is 53.7 Å². The van der Waals surface area contributed by atoms with Crippen LogP contribution in [0.25, 0.3) is 0 Å². The van der Waals surface area contributed by atoms with Gasteiger partial charge in [0.1, 0.15) is 0 Å². The van der Waals surface area contributed by atoms with E-state index in [1.807, 2.05) is 0 Å². The van der Waals surface area contributed by atoms with Crippen molar-refractivity contribution in [3.8, 4) is 0 Å². The van der Waals surface area contributed by atoms with Crippen LogP contribution in [0.4, 0.5) is 0 Å². The predicted octanol–water partition coefficient (Wildman–Crippen LogP) is 2.52. The third-order valence-electron chi connectivity index (χ3n) is 4.41. The maximum Gasteiger partial charge on any atom is 0.0446 e. The number of aryl methyl sites for hydroxylation is 1. The molecule has 0 bridgehead atoms. The van der Waals surface area contributed by atoms with Gasteiger partial charge in [0.15, 0.2) is 0 Å². The van der Waals surface area contributed by atoms with Crippen LogP contribution in [0.2, 0.25) is 0 Å². The molecule has 0 spiro atoms. The van der Waals surface area contributed by atoms with Crippen molar-refractivity contribution in [2.75, 3.05) is 32.8 Å². The highest BCUT2D eigenvalue weighted by molar-refractivity contribution is 5.25. The molecule has 1 aromatic rings. The molecule has 1 atom stereocenters. The first-order valence-electron chi connectivity index (χ1n) is 8.22. The molecule has 0 amide bonds. The zero-order valence-corrected chi connectivity index (χ0v) is 13.8. The highest BCUT2D eigenvalue weighted by Gasteiger charge is 2.26. The quantitative estimate of drug-likeness (QED) is 0.872. The SMILES string of the molecule is Cc1ccccc1CN1CCN(CC(C)C)C(CCO)C1. The molecule has 0 aromatic heterocycles. The van der Waals surface area contributed by atoms with E-state index in [2.05, 4.69) is 54.8 Å². The van der Waals surface area contributed by atoms with E-state index >= 15 is 0 Å². The molecule has 1 aliphatic rings. The Hall–Kier alpha value is -0.900. The summed E-state index contributed by atoms with van der Waals surface area (Å²) >= 11 is 0. The van der Waals surface area contributed by atoms with Gasteiger partial charge in [-0.3, -0.25) is 9.80 Å². The number of rotatable bonds is 6. The second kappa shape index (κ2) is 7.92. The normalized spacial score (nSPS) is 21.1. The molecular formula is C18H30N2O. The monoisotopic (exact) mass is 290 g/mol. The van der Waals surface area contributed by atoms with Crippen LogP contribution in [0.1, 0.15) is 31.4 Å². The molecule has 3 nitrogen and oxygen atoms in total. The molecule has 3 heteroatoms. The summed E-state index contributed by atoms with van der Waals surface area (Å²) < 4.78 is 0. The van der Waals surface area contributed by atoms with E-state index in [0.717, 1.165) is 39.1 Å². The summed E-state index contributed by atoms with van der Waals surface area (Å²) in [6.07, 6.45) is 0.886. The van der Waals surface area contributed by atoms with Gasteiger partial charge in [0.05, 0.1) is 0 Å². The van der Waals surface area contributed by atoms with Crippen molar-refractivity contribution in [2.45, 2.75) is 39.8 Å². The van der Waals surface area contributed by atoms with E-state index in [-0.39, 0.29) is 6.61 Å². The van der Waals surface area contributed by atoms with Crippen LogP contribution in [0.15, 0.2) is 24.3 Å². The topological polar surface area (TPSA) is 26.7 Å². The Morgan fingerprint density at radius 1 is 1.24 bits per heavy atom. The van der Waals surface area contributed by atoms with Crippen molar-refractivity contribution in [1.29, 1.82) is 0 Å². The Bertz CT molecular complexity index is 433. The van der Waals surface area contributed by atoms with Crippen LogP contribution < -0.4 is 0 Å². The lowest BCUT2D eigenvalue weighted by atomic mass is 10.0. The molecule has 1 aromatic carbocycles. The van der Waals surface area contributed by atoms with Gasteiger partial charge in [0, 0.05) is 45.4 Å². The Morgan fingerprint density at radius 3 is 2.67 bits per heavy atom. The second-order valence-electron chi connectivity index (χ2n) is 6.72. The summed E-state index contributed by atoms with van der Waals surface area (Å²) in [5.74, 6) is 0.689. The van der Waals surface area contributed by atoms with Gasteiger partial charge in [-0.05, 0) is 30.4 Å². The first kappa shape index (κ1) is 16.5.